The molecule has 0 aliphatic rings. The first-order valence-electron chi connectivity index (χ1n) is 20.1. The van der Waals surface area contributed by atoms with Crippen LogP contribution < -0.4 is 0 Å². The topological polar surface area (TPSA) is 299 Å². The van der Waals surface area contributed by atoms with Crippen LogP contribution in [-0.4, -0.2) is 143 Å². The van der Waals surface area contributed by atoms with E-state index in [1.165, 1.54) is 26.4 Å². The molecule has 0 bridgehead atoms. The van der Waals surface area contributed by atoms with E-state index in [4.69, 9.17) is 9.47 Å². The van der Waals surface area contributed by atoms with Gasteiger partial charge in [-0.3, -0.25) is 0 Å². The maximum Gasteiger partial charge on any atom is 0.158 e. The minimum absolute atomic E-state index is 0.138. The molecular weight excluding hydrogens is 937 g/mol. The van der Waals surface area contributed by atoms with Crippen molar-refractivity contribution in [3.05, 3.63) is 120 Å². The van der Waals surface area contributed by atoms with Gasteiger partial charge in [-0.2, -0.15) is 0 Å². The number of rotatable bonds is 18. The predicted molar refractivity (Wildman–Crippen MR) is 252 cm³/mol. The van der Waals surface area contributed by atoms with Crippen LogP contribution >= 0.6 is 0 Å². The van der Waals surface area contributed by atoms with Crippen molar-refractivity contribution in [2.75, 3.05) is 38.2 Å². The molecule has 20 nitrogen and oxygen atoms in total. The van der Waals surface area contributed by atoms with Crippen LogP contribution in [0.3, 0.4) is 0 Å². The lowest BCUT2D eigenvalue weighted by Gasteiger charge is -2.21. The normalized spacial score (nSPS) is 15.5. The maximum absolute atomic E-state index is 11.6. The number of sulfone groups is 4. The van der Waals surface area contributed by atoms with Gasteiger partial charge in [0.15, 0.2) is 62.6 Å². The lowest BCUT2D eigenvalue weighted by atomic mass is 10.2. The third-order valence-electron chi connectivity index (χ3n) is 9.47. The van der Waals surface area contributed by atoms with Gasteiger partial charge >= 0.3 is 0 Å². The first kappa shape index (κ1) is 59.5. The van der Waals surface area contributed by atoms with Crippen molar-refractivity contribution in [1.29, 1.82) is 0 Å². The van der Waals surface area contributed by atoms with E-state index in [0.717, 1.165) is 34.8 Å². The molecule has 24 heteroatoms. The number of aliphatic hydroxyl groups excluding tert-OH is 2. The first-order valence-corrected chi connectivity index (χ1v) is 27.9. The fraction of sp³-hybridized carbons (Fsp3) is 0.524. The number of aliphatic hydroxyl groups is 2. The van der Waals surface area contributed by atoms with Crippen LogP contribution in [0.15, 0.2) is 74.9 Å². The Hall–Kier alpha value is -4.56. The Kier molecular flexibility index (Phi) is 24.0. The number of aryl methyl sites for hydroxylation is 4. The fourth-order valence-electron chi connectivity index (χ4n) is 4.73. The molecule has 0 fully saturated rings. The summed E-state index contributed by atoms with van der Waals surface area (Å²) in [5, 5.41) is 16.2. The highest BCUT2D eigenvalue weighted by Crippen LogP contribution is 2.24. The zero-order valence-electron chi connectivity index (χ0n) is 39.4. The molecule has 0 aromatic carbocycles. The highest BCUT2D eigenvalue weighted by molar-refractivity contribution is 7.92. The van der Waals surface area contributed by atoms with Crippen molar-refractivity contribution in [2.24, 2.45) is 0 Å². The smallest absolute Gasteiger partial charge is 0.158 e. The predicted octanol–water partition coefficient (Wildman–Crippen LogP) is 3.43. The van der Waals surface area contributed by atoms with E-state index in [-0.39, 0.29) is 24.9 Å². The molecule has 2 N–H and O–H groups in total. The lowest BCUT2D eigenvalue weighted by molar-refractivity contribution is 0.0670. The quantitative estimate of drug-likeness (QED) is 0.135. The second-order valence-electron chi connectivity index (χ2n) is 15.6. The zero-order chi connectivity index (χ0) is 50.8. The van der Waals surface area contributed by atoms with E-state index in [9.17, 15) is 43.9 Å². The third-order valence-corrected chi connectivity index (χ3v) is 15.9. The standard InChI is InChI=1S/2C12H18N2O3S.2C9H14N2O3S/c2*1-5-6-17-11(10(3)18(4,15)16)12-13-7-9(2)8-14-12;2*1-6-4-10-9(11-5-6)8(12)7(2)15(3,13)14/h2*5,7-8,10-11H,1,6H2,2-4H3;2*4-5,7-8,12H,1-3H3/t2*10-,11+;7-,8+;7-,8-/m1000/s1. The SMILES string of the molecule is C=CCO[C@@H](c1ncc(C)cn1)[C@H](C)S(C)(=O)=O.C=CCO[C@H](c1ncc(C)cn1)[C@@H](C)S(C)(=O)=O.Cc1cnc([C@@H](O)[C@H](C)S(C)(=O)=O)nc1.Cc1cnc([C@H](O)[C@H](C)S(C)(=O)=O)nc1. The Morgan fingerprint density at radius 1 is 0.439 bits per heavy atom. The highest BCUT2D eigenvalue weighted by Gasteiger charge is 2.32. The Balaban J connectivity index is 0.000000442. The molecule has 0 aliphatic carbocycles. The van der Waals surface area contributed by atoms with Crippen LogP contribution in [-0.2, 0) is 48.8 Å². The van der Waals surface area contributed by atoms with E-state index in [2.05, 4.69) is 53.0 Å². The molecule has 0 saturated carbocycles. The largest absolute Gasteiger partial charge is 0.384 e. The van der Waals surface area contributed by atoms with Gasteiger partial charge < -0.3 is 19.7 Å². The Morgan fingerprint density at radius 2 is 0.636 bits per heavy atom. The molecule has 368 valence electrons. The van der Waals surface area contributed by atoms with E-state index in [0.29, 0.717) is 11.6 Å². The van der Waals surface area contributed by atoms with Gasteiger partial charge in [-0.1, -0.05) is 12.2 Å². The van der Waals surface area contributed by atoms with E-state index in [1.807, 2.05) is 27.7 Å². The summed E-state index contributed by atoms with van der Waals surface area (Å²) in [6, 6.07) is 0. The molecule has 0 amide bonds. The monoisotopic (exact) mass is 1000 g/mol. The molecule has 4 aromatic heterocycles. The summed E-state index contributed by atoms with van der Waals surface area (Å²) in [4.78, 5) is 32.1. The lowest BCUT2D eigenvalue weighted by Crippen LogP contribution is -2.28. The van der Waals surface area contributed by atoms with Crippen LogP contribution in [0.5, 0.6) is 0 Å². The van der Waals surface area contributed by atoms with Gasteiger partial charge in [0.1, 0.15) is 24.4 Å². The van der Waals surface area contributed by atoms with Gasteiger partial charge in [-0.05, 0) is 77.6 Å². The number of hydrogen-bond donors (Lipinski definition) is 2. The van der Waals surface area contributed by atoms with Gasteiger partial charge in [0.05, 0.1) is 34.2 Å². The molecular formula is C42H64N8O12S4. The number of ether oxygens (including phenoxy) is 2. The van der Waals surface area contributed by atoms with Crippen molar-refractivity contribution in [3.8, 4) is 0 Å². The Morgan fingerprint density at radius 3 is 0.818 bits per heavy atom. The van der Waals surface area contributed by atoms with Gasteiger partial charge in [0, 0.05) is 74.6 Å². The first-order chi connectivity index (χ1) is 30.4. The van der Waals surface area contributed by atoms with Gasteiger partial charge in [-0.15, -0.1) is 13.2 Å². The summed E-state index contributed by atoms with van der Waals surface area (Å²) in [6.45, 7) is 21.0. The number of aromatic nitrogens is 8. The van der Waals surface area contributed by atoms with Crippen LogP contribution in [0.4, 0.5) is 0 Å². The number of hydrogen-bond acceptors (Lipinski definition) is 20. The third kappa shape index (κ3) is 20.5. The molecule has 0 aliphatic heterocycles. The second-order valence-corrected chi connectivity index (χ2v) is 25.2. The molecule has 4 heterocycles. The highest BCUT2D eigenvalue weighted by atomic mass is 32.2. The van der Waals surface area contributed by atoms with Crippen molar-refractivity contribution in [3.63, 3.8) is 0 Å². The summed E-state index contributed by atoms with van der Waals surface area (Å²) >= 11 is 0. The molecule has 0 saturated heterocycles. The van der Waals surface area contributed by atoms with E-state index in [1.54, 1.807) is 75.6 Å². The minimum Gasteiger partial charge on any atom is -0.384 e. The zero-order valence-corrected chi connectivity index (χ0v) is 42.7. The summed E-state index contributed by atoms with van der Waals surface area (Å²) in [5.74, 6) is 1.03. The van der Waals surface area contributed by atoms with Crippen LogP contribution in [0, 0.1) is 27.7 Å². The maximum atomic E-state index is 11.6. The summed E-state index contributed by atoms with van der Waals surface area (Å²) in [7, 11) is -13.0. The molecule has 0 unspecified atom stereocenters. The van der Waals surface area contributed by atoms with E-state index < -0.39 is 84.8 Å². The van der Waals surface area contributed by atoms with Crippen LogP contribution in [0.1, 0.15) is 97.7 Å². The summed E-state index contributed by atoms with van der Waals surface area (Å²) < 4.78 is 102. The van der Waals surface area contributed by atoms with Crippen LogP contribution in [0.25, 0.3) is 0 Å². The Labute approximate surface area is 390 Å². The minimum atomic E-state index is -3.29. The molecule has 4 rings (SSSR count). The van der Waals surface area contributed by atoms with Crippen molar-refractivity contribution >= 4 is 39.3 Å². The fourth-order valence-corrected chi connectivity index (χ4v) is 7.21. The van der Waals surface area contributed by atoms with Gasteiger partial charge in [0.25, 0.3) is 0 Å². The number of nitrogens with zero attached hydrogens (tertiary/aromatic N) is 8. The van der Waals surface area contributed by atoms with Crippen molar-refractivity contribution in [1.82, 2.24) is 39.9 Å². The average Bonchev–Trinajstić information content (AvgIpc) is 3.23. The molecule has 8 atom stereocenters. The summed E-state index contributed by atoms with van der Waals surface area (Å²) in [6.07, 6.45) is 16.6. The summed E-state index contributed by atoms with van der Waals surface area (Å²) in [5.41, 5.74) is 3.54. The average molecular weight is 1000 g/mol. The van der Waals surface area contributed by atoms with Gasteiger partial charge in [-0.25, -0.2) is 73.5 Å². The second kappa shape index (κ2) is 26.7. The molecule has 66 heavy (non-hydrogen) atoms. The van der Waals surface area contributed by atoms with Gasteiger partial charge in [0.2, 0.25) is 0 Å². The Bertz CT molecular complexity index is 2390. The van der Waals surface area contributed by atoms with Crippen LogP contribution in [0.2, 0.25) is 0 Å². The molecule has 4 aromatic rings. The van der Waals surface area contributed by atoms with Crippen molar-refractivity contribution < 1.29 is 53.4 Å². The molecule has 0 spiro atoms. The van der Waals surface area contributed by atoms with E-state index >= 15 is 0 Å². The van der Waals surface area contributed by atoms with Crippen molar-refractivity contribution in [2.45, 2.75) is 101 Å². The molecule has 0 radical (unpaired) electrons.